The topological polar surface area (TPSA) is 74.9 Å². The Kier molecular flexibility index (Phi) is 3.21. The van der Waals surface area contributed by atoms with Crippen molar-refractivity contribution in [2.24, 2.45) is 5.92 Å². The highest BCUT2D eigenvalue weighted by atomic mass is 32.1. The molecular formula is C13H15N3O3S. The highest BCUT2D eigenvalue weighted by Crippen LogP contribution is 2.21. The molecule has 1 saturated heterocycles. The SMILES string of the molecule is Cc1cn2cc(C(=O)N3CCCC(C(=O)O)C3)nc2s1. The minimum absolute atomic E-state index is 0.176. The van der Waals surface area contributed by atoms with Crippen LogP contribution in [0.25, 0.3) is 4.96 Å². The lowest BCUT2D eigenvalue weighted by Crippen LogP contribution is -2.42. The number of fused-ring (bicyclic) bond motifs is 1. The number of aromatic nitrogens is 2. The average Bonchev–Trinajstić information content (AvgIpc) is 2.95. The summed E-state index contributed by atoms with van der Waals surface area (Å²) in [7, 11) is 0. The second kappa shape index (κ2) is 4.90. The van der Waals surface area contributed by atoms with Crippen molar-refractivity contribution in [2.45, 2.75) is 19.8 Å². The summed E-state index contributed by atoms with van der Waals surface area (Å²) in [5.41, 5.74) is 0.391. The molecule has 106 valence electrons. The van der Waals surface area contributed by atoms with E-state index < -0.39 is 11.9 Å². The number of rotatable bonds is 2. The molecule has 1 N–H and O–H groups in total. The lowest BCUT2D eigenvalue weighted by molar-refractivity contribution is -0.143. The molecule has 0 radical (unpaired) electrons. The van der Waals surface area contributed by atoms with Gasteiger partial charge in [-0.05, 0) is 19.8 Å². The number of carboxylic acid groups (broad SMARTS) is 1. The summed E-state index contributed by atoms with van der Waals surface area (Å²) in [5, 5.41) is 9.06. The van der Waals surface area contributed by atoms with E-state index in [2.05, 4.69) is 4.98 Å². The molecule has 0 spiro atoms. The Morgan fingerprint density at radius 3 is 2.95 bits per heavy atom. The smallest absolute Gasteiger partial charge is 0.308 e. The maximum atomic E-state index is 12.4. The first-order chi connectivity index (χ1) is 9.54. The zero-order valence-electron chi connectivity index (χ0n) is 11.1. The van der Waals surface area contributed by atoms with Crippen LogP contribution in [0.4, 0.5) is 0 Å². The number of hydrogen-bond acceptors (Lipinski definition) is 4. The van der Waals surface area contributed by atoms with Gasteiger partial charge in [-0.1, -0.05) is 0 Å². The monoisotopic (exact) mass is 293 g/mol. The predicted molar refractivity (Wildman–Crippen MR) is 74.1 cm³/mol. The minimum Gasteiger partial charge on any atom is -0.481 e. The summed E-state index contributed by atoms with van der Waals surface area (Å²) in [6.07, 6.45) is 5.01. The minimum atomic E-state index is -0.830. The van der Waals surface area contributed by atoms with Crippen molar-refractivity contribution in [3.8, 4) is 0 Å². The molecule has 3 rings (SSSR count). The molecule has 1 aliphatic rings. The van der Waals surface area contributed by atoms with Crippen molar-refractivity contribution < 1.29 is 14.7 Å². The van der Waals surface area contributed by atoms with Crippen molar-refractivity contribution in [3.63, 3.8) is 0 Å². The van der Waals surface area contributed by atoms with E-state index in [9.17, 15) is 9.59 Å². The number of carbonyl (C=O) groups excluding carboxylic acids is 1. The van der Waals surface area contributed by atoms with Crippen LogP contribution >= 0.6 is 11.3 Å². The highest BCUT2D eigenvalue weighted by Gasteiger charge is 2.29. The van der Waals surface area contributed by atoms with Gasteiger partial charge >= 0.3 is 5.97 Å². The van der Waals surface area contributed by atoms with Crippen molar-refractivity contribution >= 4 is 28.2 Å². The van der Waals surface area contributed by atoms with Crippen LogP contribution in [0, 0.1) is 12.8 Å². The normalized spacial score (nSPS) is 19.4. The van der Waals surface area contributed by atoms with Crippen molar-refractivity contribution in [1.29, 1.82) is 0 Å². The first kappa shape index (κ1) is 13.1. The maximum Gasteiger partial charge on any atom is 0.308 e. The molecule has 1 atom stereocenters. The van der Waals surface area contributed by atoms with Gasteiger partial charge in [0.25, 0.3) is 5.91 Å². The summed E-state index contributed by atoms with van der Waals surface area (Å²) >= 11 is 1.53. The van der Waals surface area contributed by atoms with Gasteiger partial charge in [0.2, 0.25) is 0 Å². The quantitative estimate of drug-likeness (QED) is 0.913. The maximum absolute atomic E-state index is 12.4. The fraction of sp³-hybridized carbons (Fsp3) is 0.462. The zero-order chi connectivity index (χ0) is 14.3. The van der Waals surface area contributed by atoms with Crippen LogP contribution in [0.2, 0.25) is 0 Å². The van der Waals surface area contributed by atoms with Crippen LogP contribution in [-0.2, 0) is 4.79 Å². The second-order valence-electron chi connectivity index (χ2n) is 5.09. The molecule has 2 aromatic rings. The van der Waals surface area contributed by atoms with Gasteiger partial charge in [0, 0.05) is 30.4 Å². The van der Waals surface area contributed by atoms with E-state index >= 15 is 0 Å². The molecule has 20 heavy (non-hydrogen) atoms. The van der Waals surface area contributed by atoms with Gasteiger partial charge in [-0.2, -0.15) is 0 Å². The van der Waals surface area contributed by atoms with Gasteiger partial charge in [-0.15, -0.1) is 11.3 Å². The van der Waals surface area contributed by atoms with Crippen LogP contribution in [-0.4, -0.2) is 44.4 Å². The number of aliphatic carboxylic acids is 1. The Morgan fingerprint density at radius 1 is 1.45 bits per heavy atom. The van der Waals surface area contributed by atoms with Gasteiger partial charge in [0.05, 0.1) is 5.92 Å². The van der Waals surface area contributed by atoms with Crippen LogP contribution in [0.15, 0.2) is 12.4 Å². The number of aryl methyl sites for hydroxylation is 1. The van der Waals surface area contributed by atoms with Crippen molar-refractivity contribution in [2.75, 3.05) is 13.1 Å². The molecule has 0 aromatic carbocycles. The van der Waals surface area contributed by atoms with E-state index in [0.29, 0.717) is 18.7 Å². The molecule has 1 fully saturated rings. The summed E-state index contributed by atoms with van der Waals surface area (Å²) < 4.78 is 1.84. The Bertz CT molecular complexity index is 644. The van der Waals surface area contributed by atoms with Crippen molar-refractivity contribution in [1.82, 2.24) is 14.3 Å². The molecule has 0 bridgehead atoms. The van der Waals surface area contributed by atoms with Crippen LogP contribution in [0.5, 0.6) is 0 Å². The van der Waals surface area contributed by atoms with E-state index in [0.717, 1.165) is 16.3 Å². The summed E-state index contributed by atoms with van der Waals surface area (Å²) in [5.74, 6) is -1.47. The third kappa shape index (κ3) is 2.29. The summed E-state index contributed by atoms with van der Waals surface area (Å²) in [6.45, 7) is 2.87. The lowest BCUT2D eigenvalue weighted by atomic mass is 9.98. The Morgan fingerprint density at radius 2 is 2.25 bits per heavy atom. The molecule has 1 amide bonds. The molecule has 1 aliphatic heterocycles. The predicted octanol–water partition coefficient (Wildman–Crippen LogP) is 1.64. The van der Waals surface area contributed by atoms with Gasteiger partial charge < -0.3 is 10.0 Å². The number of imidazole rings is 1. The Labute approximate surface area is 119 Å². The number of hydrogen-bond donors (Lipinski definition) is 1. The van der Waals surface area contributed by atoms with E-state index in [-0.39, 0.29) is 12.5 Å². The molecule has 0 aliphatic carbocycles. The third-order valence-corrected chi connectivity index (χ3v) is 4.46. The zero-order valence-corrected chi connectivity index (χ0v) is 11.9. The molecular weight excluding hydrogens is 278 g/mol. The van der Waals surface area contributed by atoms with E-state index in [1.165, 1.54) is 11.3 Å². The van der Waals surface area contributed by atoms with E-state index in [1.54, 1.807) is 11.1 Å². The van der Waals surface area contributed by atoms with Crippen molar-refractivity contribution in [3.05, 3.63) is 23.0 Å². The second-order valence-corrected chi connectivity index (χ2v) is 6.30. The standard InChI is InChI=1S/C13H15N3O3S/c1-8-5-16-7-10(14-13(16)20-8)11(17)15-4-2-3-9(6-15)12(18)19/h5,7,9H,2-4,6H2,1H3,(H,18,19). The fourth-order valence-electron chi connectivity index (χ4n) is 2.54. The third-order valence-electron chi connectivity index (χ3n) is 3.55. The first-order valence-corrected chi connectivity index (χ1v) is 7.33. The van der Waals surface area contributed by atoms with E-state index in [4.69, 9.17) is 5.11 Å². The van der Waals surface area contributed by atoms with E-state index in [1.807, 2.05) is 17.5 Å². The molecule has 7 heteroatoms. The number of thiazole rings is 1. The molecule has 1 unspecified atom stereocenters. The Hall–Kier alpha value is -1.89. The molecule has 0 saturated carbocycles. The average molecular weight is 293 g/mol. The molecule has 6 nitrogen and oxygen atoms in total. The van der Waals surface area contributed by atoms with Gasteiger partial charge in [-0.3, -0.25) is 14.0 Å². The summed E-state index contributed by atoms with van der Waals surface area (Å²) in [6, 6.07) is 0. The first-order valence-electron chi connectivity index (χ1n) is 6.52. The summed E-state index contributed by atoms with van der Waals surface area (Å²) in [4.78, 5) is 31.3. The largest absolute Gasteiger partial charge is 0.481 e. The van der Waals surface area contributed by atoms with Gasteiger partial charge in [0.15, 0.2) is 4.96 Å². The highest BCUT2D eigenvalue weighted by molar-refractivity contribution is 7.17. The molecule has 2 aromatic heterocycles. The van der Waals surface area contributed by atoms with Gasteiger partial charge in [0.1, 0.15) is 5.69 Å². The van der Waals surface area contributed by atoms with Crippen LogP contribution < -0.4 is 0 Å². The van der Waals surface area contributed by atoms with Crippen LogP contribution in [0.3, 0.4) is 0 Å². The van der Waals surface area contributed by atoms with Crippen LogP contribution in [0.1, 0.15) is 28.2 Å². The number of carboxylic acids is 1. The number of nitrogens with zero attached hydrogens (tertiary/aromatic N) is 3. The number of piperidine rings is 1. The number of amides is 1. The number of likely N-dealkylation sites (tertiary alicyclic amines) is 1. The number of carbonyl (C=O) groups is 2. The lowest BCUT2D eigenvalue weighted by Gasteiger charge is -2.30. The van der Waals surface area contributed by atoms with Gasteiger partial charge in [-0.25, -0.2) is 4.98 Å². The Balaban J connectivity index is 1.80. The molecule has 3 heterocycles. The fourth-order valence-corrected chi connectivity index (χ4v) is 3.35.